The fraction of sp³-hybridized carbons (Fsp3) is 0.211. The van der Waals surface area contributed by atoms with Crippen molar-refractivity contribution in [1.82, 2.24) is 10.3 Å². The molecule has 4 heteroatoms. The molecular weight excluding hydrogens is 291 g/mol. The number of carbonyl (C=O) groups is 1. The molecule has 1 saturated carbocycles. The Morgan fingerprint density at radius 3 is 2.61 bits per heavy atom. The highest BCUT2D eigenvalue weighted by Crippen LogP contribution is 2.41. The zero-order valence-electron chi connectivity index (χ0n) is 12.6. The first-order chi connectivity index (χ1) is 11.2. The quantitative estimate of drug-likeness (QED) is 0.746. The normalized spacial score (nSPS) is 15.5. The molecule has 0 radical (unpaired) electrons. The van der Waals surface area contributed by atoms with Crippen LogP contribution in [-0.4, -0.2) is 10.9 Å². The molecule has 2 aromatic carbocycles. The van der Waals surface area contributed by atoms with Crippen LogP contribution in [0, 0.1) is 11.7 Å². The Balaban J connectivity index is 1.61. The van der Waals surface area contributed by atoms with Gasteiger partial charge in [0.25, 0.3) is 5.91 Å². The van der Waals surface area contributed by atoms with E-state index in [0.29, 0.717) is 22.5 Å². The predicted molar refractivity (Wildman–Crippen MR) is 87.6 cm³/mol. The van der Waals surface area contributed by atoms with Gasteiger partial charge in [0.1, 0.15) is 11.5 Å². The van der Waals surface area contributed by atoms with Crippen molar-refractivity contribution in [3.63, 3.8) is 0 Å². The maximum Gasteiger partial charge on any atom is 0.268 e. The van der Waals surface area contributed by atoms with Crippen molar-refractivity contribution in [2.75, 3.05) is 0 Å². The summed E-state index contributed by atoms with van der Waals surface area (Å²) in [6, 6.07) is 16.4. The summed E-state index contributed by atoms with van der Waals surface area (Å²) in [5.41, 5.74) is 2.15. The van der Waals surface area contributed by atoms with Crippen molar-refractivity contribution in [2.24, 2.45) is 5.92 Å². The molecule has 1 heterocycles. The predicted octanol–water partition coefficient (Wildman–Crippen LogP) is 4.19. The lowest BCUT2D eigenvalue weighted by molar-refractivity contribution is 0.0927. The Hall–Kier alpha value is -2.62. The van der Waals surface area contributed by atoms with Crippen LogP contribution in [0.1, 0.15) is 34.9 Å². The highest BCUT2D eigenvalue weighted by molar-refractivity contribution is 5.98. The Morgan fingerprint density at radius 1 is 1.13 bits per heavy atom. The molecule has 1 aliphatic carbocycles. The van der Waals surface area contributed by atoms with Crippen LogP contribution in [0.2, 0.25) is 0 Å². The number of halogens is 1. The molecule has 4 rings (SSSR count). The van der Waals surface area contributed by atoms with Gasteiger partial charge in [0.15, 0.2) is 0 Å². The average molecular weight is 308 g/mol. The van der Waals surface area contributed by atoms with E-state index in [1.165, 1.54) is 6.07 Å². The lowest BCUT2D eigenvalue weighted by Crippen LogP contribution is -2.30. The zero-order chi connectivity index (χ0) is 15.8. The summed E-state index contributed by atoms with van der Waals surface area (Å²) < 4.78 is 13.8. The molecular formula is C19H17FN2O. The van der Waals surface area contributed by atoms with E-state index in [9.17, 15) is 9.18 Å². The van der Waals surface area contributed by atoms with E-state index in [1.54, 1.807) is 18.2 Å². The van der Waals surface area contributed by atoms with Gasteiger partial charge in [-0.1, -0.05) is 36.4 Å². The Morgan fingerprint density at radius 2 is 1.91 bits per heavy atom. The highest BCUT2D eigenvalue weighted by Gasteiger charge is 2.33. The lowest BCUT2D eigenvalue weighted by atomic mass is 10.0. The highest BCUT2D eigenvalue weighted by atomic mass is 19.1. The van der Waals surface area contributed by atoms with Crippen LogP contribution in [0.5, 0.6) is 0 Å². The fourth-order valence-electron chi connectivity index (χ4n) is 3.02. The number of amides is 1. The van der Waals surface area contributed by atoms with E-state index in [-0.39, 0.29) is 17.8 Å². The minimum absolute atomic E-state index is 0.0139. The van der Waals surface area contributed by atoms with E-state index in [0.717, 1.165) is 18.4 Å². The third-order valence-corrected chi connectivity index (χ3v) is 4.39. The summed E-state index contributed by atoms with van der Waals surface area (Å²) in [4.78, 5) is 15.6. The molecule has 1 atom stereocenters. The first-order valence-corrected chi connectivity index (χ1v) is 7.85. The summed E-state index contributed by atoms with van der Waals surface area (Å²) in [5, 5.41) is 3.54. The minimum Gasteiger partial charge on any atom is -0.350 e. The van der Waals surface area contributed by atoms with Gasteiger partial charge in [0.05, 0.1) is 6.04 Å². The van der Waals surface area contributed by atoms with Crippen molar-refractivity contribution < 1.29 is 9.18 Å². The summed E-state index contributed by atoms with van der Waals surface area (Å²) in [7, 11) is 0. The first-order valence-electron chi connectivity index (χ1n) is 7.85. The van der Waals surface area contributed by atoms with Gasteiger partial charge in [-0.3, -0.25) is 4.79 Å². The van der Waals surface area contributed by atoms with Gasteiger partial charge in [-0.25, -0.2) is 4.39 Å². The van der Waals surface area contributed by atoms with Gasteiger partial charge in [-0.05, 0) is 42.5 Å². The molecule has 1 aliphatic rings. The van der Waals surface area contributed by atoms with Crippen LogP contribution < -0.4 is 5.32 Å². The summed E-state index contributed by atoms with van der Waals surface area (Å²) >= 11 is 0. The topological polar surface area (TPSA) is 44.9 Å². The van der Waals surface area contributed by atoms with Crippen LogP contribution >= 0.6 is 0 Å². The number of rotatable bonds is 4. The number of aromatic amines is 1. The molecule has 3 aromatic rings. The maximum absolute atomic E-state index is 13.8. The second-order valence-electron chi connectivity index (χ2n) is 6.08. The van der Waals surface area contributed by atoms with Gasteiger partial charge in [0.2, 0.25) is 0 Å². The molecule has 1 amide bonds. The number of benzene rings is 2. The molecule has 116 valence electrons. The third-order valence-electron chi connectivity index (χ3n) is 4.39. The second-order valence-corrected chi connectivity index (χ2v) is 6.08. The summed E-state index contributed by atoms with van der Waals surface area (Å²) in [5.74, 6) is -0.0246. The van der Waals surface area contributed by atoms with Crippen molar-refractivity contribution in [3.8, 4) is 0 Å². The van der Waals surface area contributed by atoms with Gasteiger partial charge < -0.3 is 10.3 Å². The average Bonchev–Trinajstić information content (AvgIpc) is 3.31. The number of H-pyrrole nitrogens is 1. The monoisotopic (exact) mass is 308 g/mol. The fourth-order valence-corrected chi connectivity index (χ4v) is 3.02. The Labute approximate surface area is 133 Å². The smallest absolute Gasteiger partial charge is 0.268 e. The van der Waals surface area contributed by atoms with E-state index in [1.807, 2.05) is 30.3 Å². The summed E-state index contributed by atoms with van der Waals surface area (Å²) in [6.45, 7) is 0. The van der Waals surface area contributed by atoms with Crippen molar-refractivity contribution >= 4 is 16.8 Å². The van der Waals surface area contributed by atoms with E-state index >= 15 is 0 Å². The standard InChI is InChI=1S/C19H17FN2O/c20-15-7-4-8-16-14(15)11-17(21-16)19(23)22-18(13-9-10-13)12-5-2-1-3-6-12/h1-8,11,13,18,21H,9-10H2,(H,22,23). The molecule has 0 spiro atoms. The molecule has 2 N–H and O–H groups in total. The number of fused-ring (bicyclic) bond motifs is 1. The maximum atomic E-state index is 13.8. The molecule has 1 fully saturated rings. The number of hydrogen-bond donors (Lipinski definition) is 2. The van der Waals surface area contributed by atoms with Crippen LogP contribution in [0.4, 0.5) is 4.39 Å². The number of aromatic nitrogens is 1. The van der Waals surface area contributed by atoms with Gasteiger partial charge in [-0.15, -0.1) is 0 Å². The van der Waals surface area contributed by atoms with Crippen LogP contribution in [0.3, 0.4) is 0 Å². The molecule has 1 unspecified atom stereocenters. The molecule has 3 nitrogen and oxygen atoms in total. The lowest BCUT2D eigenvalue weighted by Gasteiger charge is -2.18. The SMILES string of the molecule is O=C(NC(c1ccccc1)C1CC1)c1cc2c(F)cccc2[nH]1. The third kappa shape index (κ3) is 2.72. The van der Waals surface area contributed by atoms with Crippen LogP contribution in [0.15, 0.2) is 54.6 Å². The Kier molecular flexibility index (Phi) is 3.37. The Bertz CT molecular complexity index is 852. The van der Waals surface area contributed by atoms with Gasteiger partial charge >= 0.3 is 0 Å². The minimum atomic E-state index is -0.320. The van der Waals surface area contributed by atoms with Crippen molar-refractivity contribution in [1.29, 1.82) is 0 Å². The second kappa shape index (κ2) is 5.54. The zero-order valence-corrected chi connectivity index (χ0v) is 12.6. The van der Waals surface area contributed by atoms with E-state index in [2.05, 4.69) is 10.3 Å². The molecule has 0 aliphatic heterocycles. The van der Waals surface area contributed by atoms with Gasteiger partial charge in [0, 0.05) is 10.9 Å². The number of hydrogen-bond acceptors (Lipinski definition) is 1. The first kappa shape index (κ1) is 14.0. The molecule has 0 saturated heterocycles. The molecule has 1 aromatic heterocycles. The number of carbonyl (C=O) groups excluding carboxylic acids is 1. The largest absolute Gasteiger partial charge is 0.350 e. The number of nitrogens with one attached hydrogen (secondary N) is 2. The van der Waals surface area contributed by atoms with Crippen LogP contribution in [-0.2, 0) is 0 Å². The van der Waals surface area contributed by atoms with Crippen LogP contribution in [0.25, 0.3) is 10.9 Å². The summed E-state index contributed by atoms with van der Waals surface area (Å²) in [6.07, 6.45) is 2.25. The van der Waals surface area contributed by atoms with Gasteiger partial charge in [-0.2, -0.15) is 0 Å². The van der Waals surface area contributed by atoms with E-state index < -0.39 is 0 Å². The van der Waals surface area contributed by atoms with Crippen molar-refractivity contribution in [2.45, 2.75) is 18.9 Å². The molecule has 23 heavy (non-hydrogen) atoms. The van der Waals surface area contributed by atoms with E-state index in [4.69, 9.17) is 0 Å². The van der Waals surface area contributed by atoms with Crippen molar-refractivity contribution in [3.05, 3.63) is 71.7 Å². The molecule has 0 bridgehead atoms.